The van der Waals surface area contributed by atoms with Gasteiger partial charge in [0.05, 0.1) is 6.61 Å². The Kier molecular flexibility index (Phi) is 24.1. The summed E-state index contributed by atoms with van der Waals surface area (Å²) in [5, 5.41) is 0. The third-order valence-electron chi connectivity index (χ3n) is 4.83. The Hall–Kier alpha value is 0.840. The molecular weight excluding hydrogens is 486 g/mol. The van der Waals surface area contributed by atoms with Gasteiger partial charge >= 0.3 is 79.9 Å². The average Bonchev–Trinajstić information content (AvgIpc) is 2.70. The first kappa shape index (κ1) is 36.0. The molecule has 0 atom stereocenters. The monoisotopic (exact) mass is 526 g/mol. The summed E-state index contributed by atoms with van der Waals surface area (Å²) in [6.07, 6.45) is 16.5. The number of benzene rings is 1. The summed E-state index contributed by atoms with van der Waals surface area (Å²) in [7, 11) is -9.47. The van der Waals surface area contributed by atoms with Crippen LogP contribution in [0, 0.1) is 0 Å². The normalized spacial score (nSPS) is 11.4. The molecule has 0 unspecified atom stereocenters. The number of para-hydroxylation sites is 1. The third kappa shape index (κ3) is 21.8. The standard InChI is InChI=1S/C22H38O7S2.2Na.2H/c1-2-3-4-5-6-7-8-9-10-11-12-13-14-18-21-27-30(23,24)29-31(25,26)28-22-19-16-15-17-20-22;;;;/h15-17,19-20H,2-14,18,21H2,1H3;;;;/q;2*+1;2*-1. The molecule has 0 saturated heterocycles. The summed E-state index contributed by atoms with van der Waals surface area (Å²) in [6.45, 7) is 2.11. The predicted octanol–water partition coefficient (Wildman–Crippen LogP) is 0.303. The molecule has 0 N–H and O–H groups in total. The molecule has 1 aromatic carbocycles. The van der Waals surface area contributed by atoms with Crippen molar-refractivity contribution in [2.75, 3.05) is 6.61 Å². The van der Waals surface area contributed by atoms with Crippen LogP contribution >= 0.6 is 0 Å². The molecule has 0 bridgehead atoms. The quantitative estimate of drug-likeness (QED) is 0.178. The Morgan fingerprint density at radius 2 is 1.06 bits per heavy atom. The van der Waals surface area contributed by atoms with Crippen LogP contribution in [0.5, 0.6) is 5.75 Å². The Bertz CT molecular complexity index is 784. The van der Waals surface area contributed by atoms with Crippen molar-refractivity contribution in [1.82, 2.24) is 0 Å². The van der Waals surface area contributed by atoms with Gasteiger partial charge in [0.25, 0.3) is 0 Å². The number of unbranched alkanes of at least 4 members (excludes halogenated alkanes) is 13. The van der Waals surface area contributed by atoms with Crippen molar-refractivity contribution < 1.29 is 90.8 Å². The van der Waals surface area contributed by atoms with Crippen molar-refractivity contribution in [1.29, 1.82) is 0 Å². The maximum absolute atomic E-state index is 11.7. The molecule has 0 saturated carbocycles. The van der Waals surface area contributed by atoms with Crippen LogP contribution < -0.4 is 63.3 Å². The summed E-state index contributed by atoms with van der Waals surface area (Å²) in [6, 6.07) is 7.49. The van der Waals surface area contributed by atoms with Crippen molar-refractivity contribution in [2.24, 2.45) is 0 Å². The maximum Gasteiger partial charge on any atom is 1.00 e. The molecule has 0 aliphatic rings. The van der Waals surface area contributed by atoms with Crippen LogP contribution in [0.3, 0.4) is 0 Å². The van der Waals surface area contributed by atoms with E-state index < -0.39 is 20.8 Å². The summed E-state index contributed by atoms with van der Waals surface area (Å²) < 4.78 is 59.9. The second-order valence-electron chi connectivity index (χ2n) is 7.70. The topological polar surface area (TPSA) is 96.0 Å². The van der Waals surface area contributed by atoms with Gasteiger partial charge in [0.15, 0.2) is 0 Å². The second kappa shape index (κ2) is 22.1. The zero-order chi connectivity index (χ0) is 22.8. The molecule has 11 heteroatoms. The van der Waals surface area contributed by atoms with Gasteiger partial charge in [0.2, 0.25) is 0 Å². The minimum absolute atomic E-state index is 0. The molecule has 0 spiro atoms. The molecule has 1 rings (SSSR count). The van der Waals surface area contributed by atoms with E-state index in [1.165, 1.54) is 76.3 Å². The van der Waals surface area contributed by atoms with Crippen LogP contribution in [0.25, 0.3) is 0 Å². The summed E-state index contributed by atoms with van der Waals surface area (Å²) in [5.74, 6) is -0.0512. The van der Waals surface area contributed by atoms with Gasteiger partial charge in [-0.3, -0.25) is 0 Å². The van der Waals surface area contributed by atoms with Crippen LogP contribution in [0.15, 0.2) is 30.3 Å². The summed E-state index contributed by atoms with van der Waals surface area (Å²) in [5.41, 5.74) is 0. The first-order valence-corrected chi connectivity index (χ1v) is 14.1. The molecule has 0 aliphatic heterocycles. The summed E-state index contributed by atoms with van der Waals surface area (Å²) in [4.78, 5) is 0. The van der Waals surface area contributed by atoms with Gasteiger partial charge in [-0.25, -0.2) is 4.18 Å². The van der Waals surface area contributed by atoms with E-state index in [9.17, 15) is 16.8 Å². The maximum atomic E-state index is 11.7. The average molecular weight is 527 g/mol. The molecule has 0 aromatic heterocycles. The van der Waals surface area contributed by atoms with Crippen molar-refractivity contribution in [2.45, 2.75) is 96.8 Å². The minimum atomic E-state index is -4.78. The molecule has 0 fully saturated rings. The van der Waals surface area contributed by atoms with Crippen LogP contribution in [-0.2, 0) is 28.6 Å². The van der Waals surface area contributed by atoms with Crippen molar-refractivity contribution >= 4 is 20.8 Å². The zero-order valence-corrected chi connectivity index (χ0v) is 26.3. The van der Waals surface area contributed by atoms with Crippen LogP contribution in [0.2, 0.25) is 0 Å². The zero-order valence-electron chi connectivity index (χ0n) is 22.7. The number of hydrogen-bond donors (Lipinski definition) is 0. The van der Waals surface area contributed by atoms with Gasteiger partial charge in [-0.15, -0.1) is 0 Å². The van der Waals surface area contributed by atoms with Gasteiger partial charge in [0.1, 0.15) is 5.75 Å². The van der Waals surface area contributed by atoms with Gasteiger partial charge in [-0.2, -0.15) is 16.8 Å². The Morgan fingerprint density at radius 1 is 0.636 bits per heavy atom. The van der Waals surface area contributed by atoms with Gasteiger partial charge in [-0.05, 0) is 18.6 Å². The van der Waals surface area contributed by atoms with Crippen LogP contribution in [0.1, 0.15) is 99.7 Å². The predicted molar refractivity (Wildman–Crippen MR) is 124 cm³/mol. The Labute approximate surface area is 248 Å². The molecule has 0 aliphatic carbocycles. The summed E-state index contributed by atoms with van der Waals surface area (Å²) >= 11 is 0. The largest absolute Gasteiger partial charge is 1.00 e. The fraction of sp³-hybridized carbons (Fsp3) is 0.727. The fourth-order valence-corrected chi connectivity index (χ4v) is 4.94. The van der Waals surface area contributed by atoms with E-state index in [1.807, 2.05) is 0 Å². The Balaban J connectivity index is -0.00000120. The van der Waals surface area contributed by atoms with Crippen LogP contribution in [-0.4, -0.2) is 23.4 Å². The minimum Gasteiger partial charge on any atom is -1.00 e. The fourth-order valence-electron chi connectivity index (χ4n) is 3.19. The van der Waals surface area contributed by atoms with E-state index in [4.69, 9.17) is 0 Å². The van der Waals surface area contributed by atoms with E-state index in [0.717, 1.165) is 19.3 Å². The number of hydrogen-bond acceptors (Lipinski definition) is 7. The first-order valence-electron chi connectivity index (χ1n) is 11.4. The van der Waals surface area contributed by atoms with Gasteiger partial charge < -0.3 is 7.04 Å². The molecule has 184 valence electrons. The van der Waals surface area contributed by atoms with E-state index in [-0.39, 0.29) is 74.3 Å². The smallest absolute Gasteiger partial charge is 1.00 e. The SMILES string of the molecule is CCCCCCCCCCCCCCCCOS(=O)(=O)OS(=O)(=O)Oc1ccccc1.[H-].[H-].[Na+].[Na+]. The number of rotatable bonds is 20. The first-order chi connectivity index (χ1) is 14.8. The van der Waals surface area contributed by atoms with Gasteiger partial charge in [-0.1, -0.05) is 112 Å². The van der Waals surface area contributed by atoms with E-state index in [0.29, 0.717) is 6.42 Å². The van der Waals surface area contributed by atoms with E-state index >= 15 is 0 Å². The third-order valence-corrected chi connectivity index (χ3v) is 7.02. The molecule has 33 heavy (non-hydrogen) atoms. The molecular formula is C22H40Na2O7S2. The molecule has 7 nitrogen and oxygen atoms in total. The van der Waals surface area contributed by atoms with Gasteiger partial charge in [0, 0.05) is 0 Å². The molecule has 0 radical (unpaired) electrons. The van der Waals surface area contributed by atoms with Crippen molar-refractivity contribution in [3.63, 3.8) is 0 Å². The van der Waals surface area contributed by atoms with E-state index in [1.54, 1.807) is 18.2 Å². The van der Waals surface area contributed by atoms with Crippen molar-refractivity contribution in [3.05, 3.63) is 30.3 Å². The van der Waals surface area contributed by atoms with Crippen molar-refractivity contribution in [3.8, 4) is 5.75 Å². The Morgan fingerprint density at radius 3 is 1.52 bits per heavy atom. The second-order valence-corrected chi connectivity index (χ2v) is 10.3. The van der Waals surface area contributed by atoms with Crippen LogP contribution in [0.4, 0.5) is 0 Å². The molecule has 0 heterocycles. The van der Waals surface area contributed by atoms with E-state index in [2.05, 4.69) is 18.9 Å². The molecule has 1 aromatic rings. The molecule has 0 amide bonds.